The lowest BCUT2D eigenvalue weighted by molar-refractivity contribution is 0.0865. The molecule has 0 saturated carbocycles. The fourth-order valence-electron chi connectivity index (χ4n) is 1.91. The number of hydrogen-bond acceptors (Lipinski definition) is 1. The molecule has 66 valence electrons. The first kappa shape index (κ1) is 7.21. The lowest BCUT2D eigenvalue weighted by Crippen LogP contribution is -1.99. The number of ether oxygens (including phenoxy) is 1. The van der Waals surface area contributed by atoms with Gasteiger partial charge in [-0.2, -0.15) is 0 Å². The van der Waals surface area contributed by atoms with Gasteiger partial charge in [0.2, 0.25) is 0 Å². The molecule has 2 heterocycles. The van der Waals surface area contributed by atoms with Gasteiger partial charge in [0, 0.05) is 5.56 Å². The second-order valence-corrected chi connectivity index (χ2v) is 3.23. The maximum atomic E-state index is 13.3. The second-order valence-electron chi connectivity index (χ2n) is 3.23. The van der Waals surface area contributed by atoms with Crippen molar-refractivity contribution in [2.24, 2.45) is 0 Å². The smallest absolute Gasteiger partial charge is 0.165 e. The minimum Gasteiger partial charge on any atom is -0.357 e. The first-order valence-electron chi connectivity index (χ1n) is 4.09. The number of halogens is 2. The van der Waals surface area contributed by atoms with E-state index in [-0.39, 0.29) is 12.2 Å². The number of rotatable bonds is 0. The van der Waals surface area contributed by atoms with E-state index in [1.807, 2.05) is 6.08 Å². The Labute approximate surface area is 73.6 Å². The van der Waals surface area contributed by atoms with Crippen molar-refractivity contribution in [3.8, 4) is 0 Å². The highest BCUT2D eigenvalue weighted by Gasteiger charge is 2.36. The summed E-state index contributed by atoms with van der Waals surface area (Å²) in [7, 11) is 0. The Morgan fingerprint density at radius 2 is 1.85 bits per heavy atom. The highest BCUT2D eigenvalue weighted by Crippen LogP contribution is 2.46. The molecule has 2 aliphatic heterocycles. The normalized spacial score (nSPS) is 28.2. The molecule has 1 nitrogen and oxygen atoms in total. The molecular weight excluding hydrogens is 174 g/mol. The van der Waals surface area contributed by atoms with Crippen LogP contribution in [0.1, 0.15) is 23.3 Å². The van der Waals surface area contributed by atoms with Gasteiger partial charge in [-0.05, 0) is 11.6 Å². The van der Waals surface area contributed by atoms with E-state index >= 15 is 0 Å². The van der Waals surface area contributed by atoms with Gasteiger partial charge in [0.1, 0.15) is 12.2 Å². The first-order chi connectivity index (χ1) is 6.27. The average molecular weight is 180 g/mol. The van der Waals surface area contributed by atoms with Crippen LogP contribution in [0.25, 0.3) is 0 Å². The number of benzene rings is 1. The van der Waals surface area contributed by atoms with Gasteiger partial charge in [0.25, 0.3) is 0 Å². The highest BCUT2D eigenvalue weighted by molar-refractivity contribution is 5.44. The molecule has 2 unspecified atom stereocenters. The maximum Gasteiger partial charge on any atom is 0.165 e. The van der Waals surface area contributed by atoms with Crippen molar-refractivity contribution in [1.82, 2.24) is 0 Å². The van der Waals surface area contributed by atoms with E-state index in [0.29, 0.717) is 5.56 Å². The molecule has 2 bridgehead atoms. The third kappa shape index (κ3) is 0.773. The van der Waals surface area contributed by atoms with E-state index in [1.165, 1.54) is 0 Å². The van der Waals surface area contributed by atoms with E-state index in [4.69, 9.17) is 4.74 Å². The zero-order chi connectivity index (χ0) is 9.00. The molecule has 1 aromatic rings. The Morgan fingerprint density at radius 3 is 2.69 bits per heavy atom. The average Bonchev–Trinajstić information content (AvgIpc) is 2.70. The van der Waals surface area contributed by atoms with Crippen LogP contribution in [0.5, 0.6) is 0 Å². The van der Waals surface area contributed by atoms with E-state index in [0.717, 1.165) is 11.6 Å². The van der Waals surface area contributed by atoms with Crippen molar-refractivity contribution >= 4 is 0 Å². The van der Waals surface area contributed by atoms with Crippen molar-refractivity contribution in [2.75, 3.05) is 0 Å². The third-order valence-electron chi connectivity index (χ3n) is 2.51. The Bertz CT molecular complexity index is 412. The van der Waals surface area contributed by atoms with Crippen LogP contribution in [-0.4, -0.2) is 0 Å². The van der Waals surface area contributed by atoms with Crippen molar-refractivity contribution in [1.29, 1.82) is 0 Å². The summed E-state index contributed by atoms with van der Waals surface area (Å²) >= 11 is 0. The zero-order valence-corrected chi connectivity index (χ0v) is 6.63. The van der Waals surface area contributed by atoms with Crippen LogP contribution in [0.2, 0.25) is 0 Å². The summed E-state index contributed by atoms with van der Waals surface area (Å²) in [4.78, 5) is 0. The van der Waals surface area contributed by atoms with Crippen molar-refractivity contribution in [2.45, 2.75) is 12.2 Å². The number of fused-ring (bicyclic) bond motifs is 5. The highest BCUT2D eigenvalue weighted by atomic mass is 19.2. The van der Waals surface area contributed by atoms with Crippen LogP contribution in [0.3, 0.4) is 0 Å². The Hall–Kier alpha value is -1.22. The largest absolute Gasteiger partial charge is 0.357 e. The van der Waals surface area contributed by atoms with E-state index in [9.17, 15) is 8.78 Å². The molecule has 0 saturated heterocycles. The molecule has 0 spiro atoms. The van der Waals surface area contributed by atoms with E-state index in [2.05, 4.69) is 0 Å². The Morgan fingerprint density at radius 1 is 1.08 bits per heavy atom. The summed E-state index contributed by atoms with van der Waals surface area (Å²) in [6.07, 6.45) is 3.07. The second kappa shape index (κ2) is 2.17. The molecule has 3 heteroatoms. The van der Waals surface area contributed by atoms with Gasteiger partial charge in [-0.1, -0.05) is 18.2 Å². The van der Waals surface area contributed by atoms with Crippen LogP contribution in [0.4, 0.5) is 8.78 Å². The van der Waals surface area contributed by atoms with Crippen LogP contribution in [0, 0.1) is 11.6 Å². The van der Waals surface area contributed by atoms with Crippen molar-refractivity contribution in [3.63, 3.8) is 0 Å². The van der Waals surface area contributed by atoms with Gasteiger partial charge in [0.05, 0.1) is 0 Å². The summed E-state index contributed by atoms with van der Waals surface area (Å²) < 4.78 is 31.5. The van der Waals surface area contributed by atoms with Gasteiger partial charge in [-0.3, -0.25) is 0 Å². The summed E-state index contributed by atoms with van der Waals surface area (Å²) in [5.41, 5.74) is 1.12. The topological polar surface area (TPSA) is 9.23 Å². The van der Waals surface area contributed by atoms with Crippen LogP contribution < -0.4 is 0 Å². The molecule has 0 radical (unpaired) electrons. The lowest BCUT2D eigenvalue weighted by Gasteiger charge is -2.07. The van der Waals surface area contributed by atoms with Gasteiger partial charge < -0.3 is 4.74 Å². The first-order valence-corrected chi connectivity index (χ1v) is 4.09. The minimum absolute atomic E-state index is 0.171. The number of hydrogen-bond donors (Lipinski definition) is 0. The summed E-state index contributed by atoms with van der Waals surface area (Å²) in [6.45, 7) is 0. The van der Waals surface area contributed by atoms with E-state index < -0.39 is 11.6 Å². The van der Waals surface area contributed by atoms with Crippen molar-refractivity contribution < 1.29 is 13.5 Å². The summed E-state index contributed by atoms with van der Waals surface area (Å²) in [5.74, 6) is -1.57. The standard InChI is InChI=1S/C10H6F2O/c11-6-2-1-5-7-3-4-8(13-7)9(5)10(6)12/h1-4,7-8H. The molecule has 13 heavy (non-hydrogen) atoms. The van der Waals surface area contributed by atoms with Crippen LogP contribution >= 0.6 is 0 Å². The summed E-state index contributed by atoms with van der Waals surface area (Å²) in [6, 6.07) is 2.73. The molecule has 3 rings (SSSR count). The fraction of sp³-hybridized carbons (Fsp3) is 0.200. The van der Waals surface area contributed by atoms with Crippen LogP contribution in [-0.2, 0) is 4.74 Å². The van der Waals surface area contributed by atoms with Gasteiger partial charge in [-0.15, -0.1) is 0 Å². The van der Waals surface area contributed by atoms with Crippen LogP contribution in [0.15, 0.2) is 24.3 Å². The monoisotopic (exact) mass is 180 g/mol. The predicted octanol–water partition coefficient (Wildman–Crippen LogP) is 2.65. The SMILES string of the molecule is Fc1ccc2c(c1F)C1C=CC2O1. The van der Waals surface area contributed by atoms with Gasteiger partial charge >= 0.3 is 0 Å². The molecule has 2 aliphatic rings. The lowest BCUT2D eigenvalue weighted by atomic mass is 9.96. The molecular formula is C10H6F2O. The third-order valence-corrected chi connectivity index (χ3v) is 2.51. The molecule has 2 atom stereocenters. The molecule has 0 N–H and O–H groups in total. The molecule has 0 aromatic heterocycles. The van der Waals surface area contributed by atoms with Gasteiger partial charge in [0.15, 0.2) is 11.6 Å². The maximum absolute atomic E-state index is 13.3. The van der Waals surface area contributed by atoms with Crippen molar-refractivity contribution in [3.05, 3.63) is 47.0 Å². The van der Waals surface area contributed by atoms with Gasteiger partial charge in [-0.25, -0.2) is 8.78 Å². The molecule has 0 fully saturated rings. The minimum atomic E-state index is -0.802. The fourth-order valence-corrected chi connectivity index (χ4v) is 1.91. The molecule has 0 aliphatic carbocycles. The predicted molar refractivity (Wildman–Crippen MR) is 42.1 cm³/mol. The summed E-state index contributed by atoms with van der Waals surface area (Å²) in [5, 5.41) is 0. The quantitative estimate of drug-likeness (QED) is 0.557. The van der Waals surface area contributed by atoms with E-state index in [1.54, 1.807) is 12.1 Å². The zero-order valence-electron chi connectivity index (χ0n) is 6.63. The molecule has 1 aromatic carbocycles. The molecule has 0 amide bonds. The Kier molecular flexibility index (Phi) is 1.21. The Balaban J connectivity index is 2.30.